The normalized spacial score (nSPS) is 27.0. The number of pyridine rings is 2. The zero-order valence-corrected chi connectivity index (χ0v) is 22.5. The summed E-state index contributed by atoms with van der Waals surface area (Å²) < 4.78 is 17.1. The molecule has 0 bridgehead atoms. The van der Waals surface area contributed by atoms with E-state index in [-0.39, 0.29) is 24.0 Å². The minimum atomic E-state index is -0.719. The predicted molar refractivity (Wildman–Crippen MR) is 150 cm³/mol. The lowest BCUT2D eigenvalue weighted by Gasteiger charge is -2.24. The fourth-order valence-corrected chi connectivity index (χ4v) is 4.94. The number of carbonyl (C=O) groups is 3. The molecule has 0 spiro atoms. The van der Waals surface area contributed by atoms with Crippen LogP contribution in [0.1, 0.15) is 50.2 Å². The average molecular weight is 543 g/mol. The van der Waals surface area contributed by atoms with Crippen molar-refractivity contribution in [2.45, 2.75) is 57.3 Å². The van der Waals surface area contributed by atoms with Crippen molar-refractivity contribution >= 4 is 30.1 Å². The number of fused-ring (bicyclic) bond motifs is 1. The standard InChI is InChI=1S/C32H34N2O6/c1-23-5-3-2-4-6-26-21-27(39-31(36)10-7-24-13-17-33-18-14-24)22-28(26)29(9-12-30(35)38-23)40-32(37)11-8-25-15-19-34-20-16-25/h4,6-20,23,26-29H,2-3,5,21-22H2,1H3/b6-4+,10-7+,11-8+,12-9+/t23-,26+,27-,28+,29+/m0/s1. The lowest BCUT2D eigenvalue weighted by Crippen LogP contribution is -2.27. The summed E-state index contributed by atoms with van der Waals surface area (Å²) >= 11 is 0. The third kappa shape index (κ3) is 9.15. The van der Waals surface area contributed by atoms with Gasteiger partial charge in [0.2, 0.25) is 0 Å². The average Bonchev–Trinajstić information content (AvgIpc) is 3.35. The largest absolute Gasteiger partial charge is 0.460 e. The van der Waals surface area contributed by atoms with Gasteiger partial charge in [-0.2, -0.15) is 0 Å². The SMILES string of the molecule is C[C@H]1CCC/C=C/[C@@H]2C[C@H](OC(=O)/C=C/c3ccncc3)C[C@H]2[C@H](OC(=O)/C=C/c2ccncc2)/C=C/C(=O)O1. The molecule has 0 unspecified atom stereocenters. The van der Waals surface area contributed by atoms with Crippen molar-refractivity contribution in [2.24, 2.45) is 11.8 Å². The Bertz CT molecular complexity index is 1250. The van der Waals surface area contributed by atoms with Crippen LogP contribution in [0.25, 0.3) is 12.2 Å². The van der Waals surface area contributed by atoms with Gasteiger partial charge in [0.05, 0.1) is 6.10 Å². The number of ether oxygens (including phenoxy) is 3. The second kappa shape index (κ2) is 14.7. The van der Waals surface area contributed by atoms with Crippen molar-refractivity contribution in [3.05, 3.63) is 96.6 Å². The van der Waals surface area contributed by atoms with E-state index in [4.69, 9.17) is 14.2 Å². The van der Waals surface area contributed by atoms with Gasteiger partial charge in [-0.05, 0) is 98.6 Å². The number of hydrogen-bond acceptors (Lipinski definition) is 8. The van der Waals surface area contributed by atoms with Crippen molar-refractivity contribution in [1.82, 2.24) is 9.97 Å². The highest BCUT2D eigenvalue weighted by Crippen LogP contribution is 2.39. The van der Waals surface area contributed by atoms with Gasteiger partial charge < -0.3 is 14.2 Å². The molecule has 8 nitrogen and oxygen atoms in total. The monoisotopic (exact) mass is 542 g/mol. The molecule has 5 atom stereocenters. The molecule has 2 aliphatic rings. The lowest BCUT2D eigenvalue weighted by atomic mass is 9.89. The topological polar surface area (TPSA) is 105 Å². The highest BCUT2D eigenvalue weighted by molar-refractivity contribution is 5.88. The molecule has 0 N–H and O–H groups in total. The number of hydrogen-bond donors (Lipinski definition) is 0. The van der Waals surface area contributed by atoms with Crippen LogP contribution in [0.3, 0.4) is 0 Å². The maximum atomic E-state index is 12.8. The van der Waals surface area contributed by atoms with Crippen LogP contribution in [0.15, 0.2) is 85.5 Å². The molecule has 0 aromatic carbocycles. The molecule has 40 heavy (non-hydrogen) atoms. The van der Waals surface area contributed by atoms with Gasteiger partial charge in [-0.3, -0.25) is 9.97 Å². The number of rotatable bonds is 6. The van der Waals surface area contributed by atoms with Crippen LogP contribution in [0.5, 0.6) is 0 Å². The van der Waals surface area contributed by atoms with Crippen molar-refractivity contribution in [3.63, 3.8) is 0 Å². The summed E-state index contributed by atoms with van der Waals surface area (Å²) in [7, 11) is 0. The summed E-state index contributed by atoms with van der Waals surface area (Å²) in [4.78, 5) is 45.8. The van der Waals surface area contributed by atoms with Crippen LogP contribution in [-0.2, 0) is 28.6 Å². The van der Waals surface area contributed by atoms with Crippen molar-refractivity contribution < 1.29 is 28.6 Å². The molecule has 208 valence electrons. The molecule has 2 aromatic rings. The molecule has 8 heteroatoms. The van der Waals surface area contributed by atoms with Gasteiger partial charge in [-0.1, -0.05) is 12.2 Å². The minimum absolute atomic E-state index is 0.0113. The molecule has 2 aromatic heterocycles. The molecular weight excluding hydrogens is 508 g/mol. The zero-order valence-electron chi connectivity index (χ0n) is 22.5. The summed E-state index contributed by atoms with van der Waals surface area (Å²) in [5.41, 5.74) is 1.65. The Morgan fingerprint density at radius 2 is 1.52 bits per heavy atom. The lowest BCUT2D eigenvalue weighted by molar-refractivity contribution is -0.146. The Labute approximate surface area is 234 Å². The number of cyclic esters (lactones) is 1. The Morgan fingerprint density at radius 3 is 2.17 bits per heavy atom. The Hall–Kier alpha value is -4.33. The molecule has 0 amide bonds. The van der Waals surface area contributed by atoms with Gasteiger partial charge in [0, 0.05) is 48.9 Å². The smallest absolute Gasteiger partial charge is 0.331 e. The van der Waals surface area contributed by atoms with Gasteiger partial charge in [-0.25, -0.2) is 14.4 Å². The van der Waals surface area contributed by atoms with E-state index < -0.39 is 24.0 Å². The molecule has 3 heterocycles. The predicted octanol–water partition coefficient (Wildman–Crippen LogP) is 5.28. The van der Waals surface area contributed by atoms with Crippen molar-refractivity contribution in [1.29, 1.82) is 0 Å². The molecule has 4 rings (SSSR count). The molecule has 0 radical (unpaired) electrons. The van der Waals surface area contributed by atoms with E-state index in [9.17, 15) is 14.4 Å². The summed E-state index contributed by atoms with van der Waals surface area (Å²) in [6, 6.07) is 7.15. The summed E-state index contributed by atoms with van der Waals surface area (Å²) in [5, 5.41) is 0. The van der Waals surface area contributed by atoms with Gasteiger partial charge in [0.1, 0.15) is 12.2 Å². The van der Waals surface area contributed by atoms with E-state index in [1.807, 2.05) is 6.92 Å². The van der Waals surface area contributed by atoms with Gasteiger partial charge in [-0.15, -0.1) is 0 Å². The van der Waals surface area contributed by atoms with Crippen LogP contribution >= 0.6 is 0 Å². The fraction of sp³-hybridized carbons (Fsp3) is 0.344. The third-order valence-electron chi connectivity index (χ3n) is 6.92. The molecule has 1 aliphatic heterocycles. The van der Waals surface area contributed by atoms with Gasteiger partial charge >= 0.3 is 17.9 Å². The Morgan fingerprint density at radius 1 is 0.900 bits per heavy atom. The highest BCUT2D eigenvalue weighted by atomic mass is 16.6. The summed E-state index contributed by atoms with van der Waals surface area (Å²) in [5.74, 6) is -1.67. The number of carbonyl (C=O) groups excluding carboxylic acids is 3. The first-order valence-corrected chi connectivity index (χ1v) is 13.6. The van der Waals surface area contributed by atoms with E-state index in [1.165, 1.54) is 18.2 Å². The number of aromatic nitrogens is 2. The second-order valence-corrected chi connectivity index (χ2v) is 9.95. The number of allylic oxidation sites excluding steroid dienone is 2. The molecular formula is C32H34N2O6. The van der Waals surface area contributed by atoms with Crippen LogP contribution < -0.4 is 0 Å². The quantitative estimate of drug-likeness (QED) is 0.210. The van der Waals surface area contributed by atoms with Crippen LogP contribution in [0.2, 0.25) is 0 Å². The molecule has 0 saturated heterocycles. The van der Waals surface area contributed by atoms with E-state index in [0.717, 1.165) is 30.4 Å². The third-order valence-corrected chi connectivity index (χ3v) is 6.92. The van der Waals surface area contributed by atoms with Crippen molar-refractivity contribution in [3.8, 4) is 0 Å². The van der Waals surface area contributed by atoms with E-state index >= 15 is 0 Å². The molecule has 1 saturated carbocycles. The number of nitrogens with zero attached hydrogens (tertiary/aromatic N) is 2. The van der Waals surface area contributed by atoms with Gasteiger partial charge in [0.25, 0.3) is 0 Å². The molecule has 1 aliphatic carbocycles. The maximum absolute atomic E-state index is 12.8. The number of esters is 3. The first kappa shape index (κ1) is 28.7. The second-order valence-electron chi connectivity index (χ2n) is 9.95. The summed E-state index contributed by atoms with van der Waals surface area (Å²) in [6.07, 6.45) is 22.1. The van der Waals surface area contributed by atoms with Crippen molar-refractivity contribution in [2.75, 3.05) is 0 Å². The van der Waals surface area contributed by atoms with Gasteiger partial charge in [0.15, 0.2) is 0 Å². The van der Waals surface area contributed by atoms with Crippen LogP contribution in [0, 0.1) is 11.8 Å². The first-order chi connectivity index (χ1) is 19.5. The Balaban J connectivity index is 1.50. The Kier molecular flexibility index (Phi) is 10.6. The van der Waals surface area contributed by atoms with Crippen LogP contribution in [-0.4, -0.2) is 46.2 Å². The summed E-state index contributed by atoms with van der Waals surface area (Å²) in [6.45, 7) is 1.87. The zero-order chi connectivity index (χ0) is 28.2. The van der Waals surface area contributed by atoms with E-state index in [2.05, 4.69) is 22.1 Å². The highest BCUT2D eigenvalue weighted by Gasteiger charge is 2.40. The maximum Gasteiger partial charge on any atom is 0.331 e. The minimum Gasteiger partial charge on any atom is -0.460 e. The van der Waals surface area contributed by atoms with E-state index in [1.54, 1.807) is 67.3 Å². The van der Waals surface area contributed by atoms with E-state index in [0.29, 0.717) is 12.8 Å². The van der Waals surface area contributed by atoms with Crippen LogP contribution in [0.4, 0.5) is 0 Å². The molecule has 1 fully saturated rings. The first-order valence-electron chi connectivity index (χ1n) is 13.6. The fourth-order valence-electron chi connectivity index (χ4n) is 4.94.